The van der Waals surface area contributed by atoms with Crippen LogP contribution in [0.25, 0.3) is 0 Å². The van der Waals surface area contributed by atoms with Crippen molar-refractivity contribution in [3.8, 4) is 5.75 Å². The fraction of sp³-hybridized carbons (Fsp3) is 0.636. The largest absolute Gasteiger partial charge is 0.490 e. The van der Waals surface area contributed by atoms with Crippen molar-refractivity contribution in [1.29, 1.82) is 0 Å². The summed E-state index contributed by atoms with van der Waals surface area (Å²) in [6.07, 6.45) is 14.5. The maximum atomic E-state index is 15.0. The Bertz CT molecular complexity index is 987. The molecule has 204 valence electrons. The first kappa shape index (κ1) is 28.0. The normalized spacial score (nSPS) is 24.2. The Balaban J connectivity index is 1.26. The number of hydrogen-bond donors (Lipinski definition) is 0. The van der Waals surface area contributed by atoms with Gasteiger partial charge in [-0.3, -0.25) is 0 Å². The van der Waals surface area contributed by atoms with E-state index < -0.39 is 11.6 Å². The molecule has 0 radical (unpaired) electrons. The zero-order chi connectivity index (χ0) is 26.2. The third-order valence-corrected chi connectivity index (χ3v) is 8.98. The molecule has 2 aliphatic carbocycles. The fourth-order valence-corrected chi connectivity index (χ4v) is 6.60. The van der Waals surface area contributed by atoms with Gasteiger partial charge in [-0.15, -0.1) is 0 Å². The molecule has 2 aromatic rings. The molecule has 0 heterocycles. The van der Waals surface area contributed by atoms with Gasteiger partial charge in [0.15, 0.2) is 11.6 Å². The quantitative estimate of drug-likeness (QED) is 0.271. The molecule has 0 unspecified atom stereocenters. The lowest BCUT2D eigenvalue weighted by atomic mass is 9.77. The fourth-order valence-electron chi connectivity index (χ4n) is 6.60. The minimum absolute atomic E-state index is 0.0313. The molecular formula is C33H45F3O. The van der Waals surface area contributed by atoms with Crippen LogP contribution in [0, 0.1) is 29.3 Å². The van der Waals surface area contributed by atoms with Crippen LogP contribution in [-0.2, 0) is 6.42 Å². The number of rotatable bonds is 11. The van der Waals surface area contributed by atoms with Crippen molar-refractivity contribution in [3.63, 3.8) is 0 Å². The molecule has 2 fully saturated rings. The van der Waals surface area contributed by atoms with Crippen LogP contribution < -0.4 is 4.74 Å². The maximum absolute atomic E-state index is 15.0. The highest BCUT2D eigenvalue weighted by molar-refractivity contribution is 5.33. The molecule has 0 spiro atoms. The van der Waals surface area contributed by atoms with Crippen LogP contribution in [0.4, 0.5) is 13.2 Å². The van der Waals surface area contributed by atoms with Gasteiger partial charge >= 0.3 is 0 Å². The van der Waals surface area contributed by atoms with E-state index in [9.17, 15) is 13.2 Å². The first-order valence-corrected chi connectivity index (χ1v) is 14.9. The number of unbranched alkanes of at least 4 members (excludes halogenated alkanes) is 2. The second-order valence-corrected chi connectivity index (χ2v) is 11.6. The summed E-state index contributed by atoms with van der Waals surface area (Å²) in [7, 11) is 0. The third-order valence-electron chi connectivity index (χ3n) is 8.98. The van der Waals surface area contributed by atoms with Crippen molar-refractivity contribution in [2.24, 2.45) is 11.8 Å². The van der Waals surface area contributed by atoms with E-state index in [2.05, 4.69) is 19.9 Å². The van der Waals surface area contributed by atoms with Crippen molar-refractivity contribution in [2.45, 2.75) is 116 Å². The van der Waals surface area contributed by atoms with E-state index in [1.54, 1.807) is 18.2 Å². The highest BCUT2D eigenvalue weighted by Crippen LogP contribution is 2.40. The van der Waals surface area contributed by atoms with Crippen LogP contribution in [0.15, 0.2) is 30.3 Å². The lowest BCUT2D eigenvalue weighted by molar-refractivity contribution is 0.192. The van der Waals surface area contributed by atoms with Gasteiger partial charge in [0.25, 0.3) is 0 Å². The smallest absolute Gasteiger partial charge is 0.200 e. The molecule has 2 aliphatic rings. The summed E-state index contributed by atoms with van der Waals surface area (Å²) < 4.78 is 50.2. The van der Waals surface area contributed by atoms with Crippen LogP contribution in [0.1, 0.15) is 126 Å². The van der Waals surface area contributed by atoms with Gasteiger partial charge in [-0.2, -0.15) is 4.39 Å². The molecule has 0 saturated heterocycles. The van der Waals surface area contributed by atoms with Gasteiger partial charge in [-0.25, -0.2) is 8.78 Å². The highest BCUT2D eigenvalue weighted by atomic mass is 19.2. The summed E-state index contributed by atoms with van der Waals surface area (Å²) >= 11 is 0. The van der Waals surface area contributed by atoms with Crippen molar-refractivity contribution in [3.05, 3.63) is 64.5 Å². The Labute approximate surface area is 222 Å². The van der Waals surface area contributed by atoms with E-state index in [0.29, 0.717) is 24.0 Å². The van der Waals surface area contributed by atoms with Crippen LogP contribution in [0.2, 0.25) is 0 Å². The van der Waals surface area contributed by atoms with Gasteiger partial charge in [0.05, 0.1) is 6.61 Å². The van der Waals surface area contributed by atoms with Gasteiger partial charge in [0.1, 0.15) is 5.82 Å². The molecule has 4 heteroatoms. The molecule has 2 aromatic carbocycles. The van der Waals surface area contributed by atoms with E-state index in [1.165, 1.54) is 12.8 Å². The minimum Gasteiger partial charge on any atom is -0.490 e. The Kier molecular flexibility index (Phi) is 10.4. The summed E-state index contributed by atoms with van der Waals surface area (Å²) in [4.78, 5) is 0. The minimum atomic E-state index is -0.837. The molecule has 0 aromatic heterocycles. The lowest BCUT2D eigenvalue weighted by Crippen LogP contribution is -2.20. The summed E-state index contributed by atoms with van der Waals surface area (Å²) in [5, 5.41) is 0. The number of benzene rings is 2. The van der Waals surface area contributed by atoms with E-state index in [0.717, 1.165) is 94.1 Å². The maximum Gasteiger partial charge on any atom is 0.200 e. The SMILES string of the molecule is CCCCCc1ccc(C2CCC(COc3ccc(C4CCC(CCC)CC4)c(F)c3F)CC2)cc1F. The molecule has 37 heavy (non-hydrogen) atoms. The first-order valence-electron chi connectivity index (χ1n) is 14.9. The van der Waals surface area contributed by atoms with Crippen molar-refractivity contribution in [2.75, 3.05) is 6.61 Å². The van der Waals surface area contributed by atoms with E-state index >= 15 is 0 Å². The van der Waals surface area contributed by atoms with Crippen molar-refractivity contribution >= 4 is 0 Å². The summed E-state index contributed by atoms with van der Waals surface area (Å²) in [5.41, 5.74) is 2.43. The highest BCUT2D eigenvalue weighted by Gasteiger charge is 2.27. The molecule has 4 rings (SSSR count). The first-order chi connectivity index (χ1) is 18.0. The molecule has 0 amide bonds. The molecular weight excluding hydrogens is 469 g/mol. The number of halogens is 3. The Morgan fingerprint density at radius 2 is 1.43 bits per heavy atom. The summed E-state index contributed by atoms with van der Waals surface area (Å²) in [5.74, 6) is -0.0841. The summed E-state index contributed by atoms with van der Waals surface area (Å²) in [6.45, 7) is 4.76. The van der Waals surface area contributed by atoms with Crippen molar-refractivity contribution < 1.29 is 17.9 Å². The molecule has 2 saturated carbocycles. The van der Waals surface area contributed by atoms with Gasteiger partial charge in [-0.05, 0) is 117 Å². The predicted octanol–water partition coefficient (Wildman–Crippen LogP) is 10.3. The average molecular weight is 515 g/mol. The van der Waals surface area contributed by atoms with Crippen molar-refractivity contribution in [1.82, 2.24) is 0 Å². The molecule has 0 atom stereocenters. The monoisotopic (exact) mass is 514 g/mol. The third kappa shape index (κ3) is 7.33. The van der Waals surface area contributed by atoms with Crippen LogP contribution in [0.5, 0.6) is 5.75 Å². The van der Waals surface area contributed by atoms with Gasteiger partial charge in [-0.1, -0.05) is 57.7 Å². The molecule has 1 nitrogen and oxygen atoms in total. The molecule has 0 bridgehead atoms. The van der Waals surface area contributed by atoms with E-state index in [-0.39, 0.29) is 17.5 Å². The zero-order valence-corrected chi connectivity index (χ0v) is 22.8. The van der Waals surface area contributed by atoms with Gasteiger partial charge < -0.3 is 4.74 Å². The van der Waals surface area contributed by atoms with E-state index in [4.69, 9.17) is 4.74 Å². The lowest BCUT2D eigenvalue weighted by Gasteiger charge is -2.30. The van der Waals surface area contributed by atoms with E-state index in [1.807, 2.05) is 6.07 Å². The Morgan fingerprint density at radius 1 is 0.730 bits per heavy atom. The average Bonchev–Trinajstić information content (AvgIpc) is 2.92. The van der Waals surface area contributed by atoms with Gasteiger partial charge in [0.2, 0.25) is 5.82 Å². The molecule has 0 N–H and O–H groups in total. The Morgan fingerprint density at radius 3 is 2.11 bits per heavy atom. The number of ether oxygens (including phenoxy) is 1. The second-order valence-electron chi connectivity index (χ2n) is 11.6. The molecule has 0 aliphatic heterocycles. The van der Waals surface area contributed by atoms with Crippen LogP contribution in [0.3, 0.4) is 0 Å². The number of hydrogen-bond acceptors (Lipinski definition) is 1. The Hall–Kier alpha value is -1.97. The van der Waals surface area contributed by atoms with Gasteiger partial charge in [0, 0.05) is 0 Å². The van der Waals surface area contributed by atoms with Crippen LogP contribution in [-0.4, -0.2) is 6.61 Å². The predicted molar refractivity (Wildman–Crippen MR) is 146 cm³/mol. The summed E-state index contributed by atoms with van der Waals surface area (Å²) in [6, 6.07) is 9.17. The topological polar surface area (TPSA) is 9.23 Å². The zero-order valence-electron chi connectivity index (χ0n) is 22.8. The second kappa shape index (κ2) is 13.7. The van der Waals surface area contributed by atoms with Crippen LogP contribution >= 0.6 is 0 Å². The standard InChI is InChI=1S/C33H45F3O/c1-3-5-6-8-27-17-18-28(21-30(27)34)25-13-11-24(12-14-25)22-37-31-20-19-29(32(35)33(31)36)26-15-9-23(7-4-2)10-16-26/h17-21,23-26H,3-16,22H2,1-2H3. The number of aryl methyl sites for hydroxylation is 1.